The van der Waals surface area contributed by atoms with Crippen molar-refractivity contribution in [3.05, 3.63) is 103 Å². The maximum absolute atomic E-state index is 11.6. The predicted octanol–water partition coefficient (Wildman–Crippen LogP) is 0.714. The van der Waals surface area contributed by atoms with Gasteiger partial charge in [0.2, 0.25) is 0 Å². The third-order valence-corrected chi connectivity index (χ3v) is 8.72. The summed E-state index contributed by atoms with van der Waals surface area (Å²) in [5.41, 5.74) is 0. The molecule has 0 spiro atoms. The molecule has 0 aliphatic carbocycles. The van der Waals surface area contributed by atoms with Gasteiger partial charge < -0.3 is 17.1 Å². The standard InChI is InChI=1S/C23H22O2P.ClH/c1-25-23(24)18-11-19-26(20-12-5-2-6-13-20,21-14-7-3-8-15-21)22-16-9-4-10-17-22;/h2-18H,19H2,1H3;1H/q+1;/p-1/b18-11+;. The molecule has 4 heteroatoms. The Morgan fingerprint density at radius 1 is 0.778 bits per heavy atom. The SMILES string of the molecule is COC(=O)/C=C/C[P+](c1ccccc1)(c1ccccc1)c1ccccc1.[Cl-]. The maximum atomic E-state index is 11.6. The van der Waals surface area contributed by atoms with Gasteiger partial charge in [-0.1, -0.05) is 54.6 Å². The Hall–Kier alpha value is -2.41. The molecule has 0 aromatic heterocycles. The molecule has 0 saturated carbocycles. The first-order valence-electron chi connectivity index (χ1n) is 8.57. The lowest BCUT2D eigenvalue weighted by Gasteiger charge is -2.26. The minimum Gasteiger partial charge on any atom is -1.00 e. The van der Waals surface area contributed by atoms with Crippen molar-refractivity contribution in [2.45, 2.75) is 0 Å². The second-order valence-corrected chi connectivity index (χ2v) is 9.46. The fourth-order valence-electron chi connectivity index (χ4n) is 3.19. The predicted molar refractivity (Wildman–Crippen MR) is 111 cm³/mol. The Morgan fingerprint density at radius 3 is 1.48 bits per heavy atom. The van der Waals surface area contributed by atoms with Crippen molar-refractivity contribution in [1.29, 1.82) is 0 Å². The van der Waals surface area contributed by atoms with Gasteiger partial charge in [0, 0.05) is 6.08 Å². The van der Waals surface area contributed by atoms with E-state index in [1.165, 1.54) is 29.1 Å². The molecule has 0 N–H and O–H groups in total. The molecule has 0 fully saturated rings. The first kappa shape index (κ1) is 20.9. The molecular weight excluding hydrogens is 375 g/mol. The van der Waals surface area contributed by atoms with E-state index in [0.717, 1.165) is 6.16 Å². The summed E-state index contributed by atoms with van der Waals surface area (Å²) in [5.74, 6) is -0.322. The van der Waals surface area contributed by atoms with E-state index in [2.05, 4.69) is 72.8 Å². The van der Waals surface area contributed by atoms with Crippen LogP contribution in [-0.2, 0) is 9.53 Å². The fourth-order valence-corrected chi connectivity index (χ4v) is 7.18. The van der Waals surface area contributed by atoms with Crippen LogP contribution in [-0.4, -0.2) is 19.2 Å². The van der Waals surface area contributed by atoms with Gasteiger partial charge in [0.15, 0.2) is 0 Å². The van der Waals surface area contributed by atoms with Gasteiger partial charge in [-0.3, -0.25) is 0 Å². The van der Waals surface area contributed by atoms with Crippen molar-refractivity contribution < 1.29 is 21.9 Å². The van der Waals surface area contributed by atoms with E-state index in [4.69, 9.17) is 4.74 Å². The lowest BCUT2D eigenvalue weighted by Crippen LogP contribution is -3.00. The van der Waals surface area contributed by atoms with E-state index in [0.29, 0.717) is 0 Å². The summed E-state index contributed by atoms with van der Waals surface area (Å²) < 4.78 is 4.77. The summed E-state index contributed by atoms with van der Waals surface area (Å²) >= 11 is 0. The Morgan fingerprint density at radius 2 is 1.15 bits per heavy atom. The van der Waals surface area contributed by atoms with Crippen molar-refractivity contribution in [2.75, 3.05) is 13.3 Å². The lowest BCUT2D eigenvalue weighted by molar-refractivity contribution is -0.134. The number of halogens is 1. The maximum Gasteiger partial charge on any atom is 0.330 e. The Kier molecular flexibility index (Phi) is 7.79. The number of carbonyl (C=O) groups is 1. The fraction of sp³-hybridized carbons (Fsp3) is 0.0870. The zero-order valence-corrected chi connectivity index (χ0v) is 16.8. The molecule has 138 valence electrons. The molecular formula is C23H22ClO2P. The summed E-state index contributed by atoms with van der Waals surface area (Å²) in [4.78, 5) is 11.6. The molecule has 0 saturated heterocycles. The summed E-state index contributed by atoms with van der Waals surface area (Å²) in [6.45, 7) is 0. The number of esters is 1. The van der Waals surface area contributed by atoms with Crippen molar-refractivity contribution in [1.82, 2.24) is 0 Å². The average molecular weight is 397 g/mol. The zero-order chi connectivity index (χ0) is 18.2. The molecule has 0 aliphatic heterocycles. The highest BCUT2D eigenvalue weighted by Gasteiger charge is 2.44. The van der Waals surface area contributed by atoms with Crippen molar-refractivity contribution in [3.8, 4) is 0 Å². The number of allylic oxidation sites excluding steroid dienone is 1. The van der Waals surface area contributed by atoms with Crippen LogP contribution >= 0.6 is 7.26 Å². The van der Waals surface area contributed by atoms with Gasteiger partial charge in [0.05, 0.1) is 13.3 Å². The van der Waals surface area contributed by atoms with Crippen LogP contribution in [0.5, 0.6) is 0 Å². The summed E-state index contributed by atoms with van der Waals surface area (Å²) in [5, 5.41) is 3.89. The zero-order valence-electron chi connectivity index (χ0n) is 15.2. The molecule has 3 aromatic carbocycles. The highest BCUT2D eigenvalue weighted by atomic mass is 35.5. The van der Waals surface area contributed by atoms with E-state index in [1.54, 1.807) is 0 Å². The molecule has 3 rings (SSSR count). The van der Waals surface area contributed by atoms with Gasteiger partial charge in [-0.2, -0.15) is 0 Å². The Balaban J connectivity index is 0.00000261. The molecule has 0 unspecified atom stereocenters. The number of ether oxygens (including phenoxy) is 1. The minimum absolute atomic E-state index is 0. The van der Waals surface area contributed by atoms with Gasteiger partial charge in [-0.15, -0.1) is 0 Å². The molecule has 0 radical (unpaired) electrons. The quantitative estimate of drug-likeness (QED) is 0.348. The average Bonchev–Trinajstić information content (AvgIpc) is 2.73. The molecule has 2 nitrogen and oxygen atoms in total. The summed E-state index contributed by atoms with van der Waals surface area (Å²) in [6.07, 6.45) is 4.25. The van der Waals surface area contributed by atoms with Crippen LogP contribution in [0.15, 0.2) is 103 Å². The van der Waals surface area contributed by atoms with Crippen LogP contribution in [0.4, 0.5) is 0 Å². The lowest BCUT2D eigenvalue weighted by atomic mass is 10.4. The van der Waals surface area contributed by atoms with Crippen LogP contribution in [0.2, 0.25) is 0 Å². The normalized spacial score (nSPS) is 11.0. The van der Waals surface area contributed by atoms with E-state index >= 15 is 0 Å². The number of hydrogen-bond donors (Lipinski definition) is 0. The minimum atomic E-state index is -1.91. The van der Waals surface area contributed by atoms with Crippen LogP contribution in [0.1, 0.15) is 0 Å². The van der Waals surface area contributed by atoms with Crippen LogP contribution in [0.3, 0.4) is 0 Å². The number of hydrogen-bond acceptors (Lipinski definition) is 2. The van der Waals surface area contributed by atoms with E-state index in [9.17, 15) is 4.79 Å². The molecule has 0 heterocycles. The van der Waals surface area contributed by atoms with E-state index in [1.807, 2.05) is 24.3 Å². The van der Waals surface area contributed by atoms with Crippen molar-refractivity contribution >= 4 is 29.1 Å². The molecule has 0 aliphatic rings. The first-order chi connectivity index (χ1) is 12.8. The van der Waals surface area contributed by atoms with Crippen molar-refractivity contribution in [2.24, 2.45) is 0 Å². The Labute approximate surface area is 167 Å². The van der Waals surface area contributed by atoms with Crippen LogP contribution < -0.4 is 28.3 Å². The highest BCUT2D eigenvalue weighted by Crippen LogP contribution is 2.55. The molecule has 0 bridgehead atoms. The van der Waals surface area contributed by atoms with Gasteiger partial charge in [0.1, 0.15) is 23.2 Å². The topological polar surface area (TPSA) is 26.3 Å². The first-order valence-corrected chi connectivity index (χ1v) is 10.5. The van der Waals surface area contributed by atoms with Gasteiger partial charge in [-0.05, 0) is 42.5 Å². The molecule has 0 amide bonds. The van der Waals surface area contributed by atoms with Crippen LogP contribution in [0, 0.1) is 0 Å². The number of carbonyl (C=O) groups excluding carboxylic acids is 1. The monoisotopic (exact) mass is 396 g/mol. The second-order valence-electron chi connectivity index (χ2n) is 5.92. The smallest absolute Gasteiger partial charge is 0.330 e. The summed E-state index contributed by atoms with van der Waals surface area (Å²) in [6, 6.07) is 31.8. The third-order valence-electron chi connectivity index (χ3n) is 4.43. The second kappa shape index (κ2) is 10.1. The number of methoxy groups -OCH3 is 1. The van der Waals surface area contributed by atoms with E-state index < -0.39 is 7.26 Å². The highest BCUT2D eigenvalue weighted by molar-refractivity contribution is 7.95. The Bertz CT molecular complexity index is 768. The number of benzene rings is 3. The largest absolute Gasteiger partial charge is 1.00 e. The third kappa shape index (κ3) is 4.66. The van der Waals surface area contributed by atoms with Crippen molar-refractivity contribution in [3.63, 3.8) is 0 Å². The molecule has 27 heavy (non-hydrogen) atoms. The number of rotatable bonds is 6. The molecule has 0 atom stereocenters. The van der Waals surface area contributed by atoms with E-state index in [-0.39, 0.29) is 18.4 Å². The summed E-state index contributed by atoms with van der Waals surface area (Å²) in [7, 11) is -0.511. The van der Waals surface area contributed by atoms with Crippen LogP contribution in [0.25, 0.3) is 0 Å². The molecule has 3 aromatic rings. The van der Waals surface area contributed by atoms with Gasteiger partial charge in [0.25, 0.3) is 0 Å². The van der Waals surface area contributed by atoms with Gasteiger partial charge >= 0.3 is 5.97 Å². The van der Waals surface area contributed by atoms with Gasteiger partial charge in [-0.25, -0.2) is 4.79 Å².